The molecule has 0 fully saturated rings. The Bertz CT molecular complexity index is 365. The molecule has 4 heteroatoms. The molecule has 194 valence electrons. The third kappa shape index (κ3) is 14.4. The third-order valence-electron chi connectivity index (χ3n) is 7.52. The Morgan fingerprint density at radius 3 is 1.09 bits per heavy atom. The summed E-state index contributed by atoms with van der Waals surface area (Å²) >= 11 is 0. The zero-order valence-electron chi connectivity index (χ0n) is 23.0. The van der Waals surface area contributed by atoms with Gasteiger partial charge in [-0.25, -0.2) is 0 Å². The lowest BCUT2D eigenvalue weighted by Crippen LogP contribution is -2.49. The lowest BCUT2D eigenvalue weighted by atomic mass is 9.93. The van der Waals surface area contributed by atoms with Crippen LogP contribution in [0.25, 0.3) is 0 Å². The van der Waals surface area contributed by atoms with Crippen molar-refractivity contribution in [3.05, 3.63) is 0 Å². The van der Waals surface area contributed by atoms with Gasteiger partial charge in [0.1, 0.15) is 0 Å². The molecule has 0 spiro atoms. The van der Waals surface area contributed by atoms with Crippen molar-refractivity contribution in [3.8, 4) is 0 Å². The van der Waals surface area contributed by atoms with Gasteiger partial charge in [0.05, 0.1) is 0 Å². The molecule has 0 aromatic heterocycles. The highest BCUT2D eigenvalue weighted by Gasteiger charge is 2.49. The number of hydrogen-bond acceptors (Lipinski definition) is 3. The first-order valence-electron chi connectivity index (χ1n) is 14.3. The molecule has 0 bridgehead atoms. The Hall–Kier alpha value is 0.0969. The van der Waals surface area contributed by atoms with Crippen molar-refractivity contribution in [2.24, 2.45) is 5.92 Å². The van der Waals surface area contributed by atoms with Gasteiger partial charge >= 0.3 is 8.80 Å². The van der Waals surface area contributed by atoms with Crippen molar-refractivity contribution in [1.82, 2.24) is 0 Å². The molecule has 0 N–H and O–H groups in total. The molecule has 0 saturated heterocycles. The fourth-order valence-corrected chi connectivity index (χ4v) is 8.29. The van der Waals surface area contributed by atoms with Crippen LogP contribution in [0, 0.1) is 5.92 Å². The van der Waals surface area contributed by atoms with E-state index in [0.717, 1.165) is 6.42 Å². The minimum Gasteiger partial charge on any atom is -0.377 e. The van der Waals surface area contributed by atoms with Crippen molar-refractivity contribution >= 4 is 8.80 Å². The highest BCUT2D eigenvalue weighted by atomic mass is 28.4. The lowest BCUT2D eigenvalue weighted by molar-refractivity contribution is 0.0978. The fourth-order valence-electron chi connectivity index (χ4n) is 5.40. The molecule has 0 heterocycles. The summed E-state index contributed by atoms with van der Waals surface area (Å²) in [5.74, 6) is 0.642. The van der Waals surface area contributed by atoms with E-state index in [4.69, 9.17) is 13.3 Å². The van der Waals surface area contributed by atoms with Crippen molar-refractivity contribution in [2.75, 3.05) is 21.3 Å². The quantitative estimate of drug-likeness (QED) is 0.0977. The van der Waals surface area contributed by atoms with Crippen molar-refractivity contribution in [1.29, 1.82) is 0 Å². The second kappa shape index (κ2) is 22.9. The molecule has 32 heavy (non-hydrogen) atoms. The van der Waals surface area contributed by atoms with Crippen LogP contribution in [0.3, 0.4) is 0 Å². The molecule has 0 amide bonds. The molecule has 0 aliphatic rings. The van der Waals surface area contributed by atoms with Crippen LogP contribution in [-0.4, -0.2) is 30.1 Å². The largest absolute Gasteiger partial charge is 0.503 e. The predicted molar refractivity (Wildman–Crippen MR) is 143 cm³/mol. The van der Waals surface area contributed by atoms with Gasteiger partial charge in [-0.05, 0) is 12.3 Å². The van der Waals surface area contributed by atoms with Crippen LogP contribution >= 0.6 is 0 Å². The van der Waals surface area contributed by atoms with Gasteiger partial charge in [0.15, 0.2) is 0 Å². The van der Waals surface area contributed by atoms with Gasteiger partial charge in [0.25, 0.3) is 0 Å². The summed E-state index contributed by atoms with van der Waals surface area (Å²) in [5, 5.41) is 0. The zero-order chi connectivity index (χ0) is 23.9. The molecular weight excluding hydrogens is 412 g/mol. The van der Waals surface area contributed by atoms with E-state index in [1.54, 1.807) is 21.3 Å². The highest BCUT2D eigenvalue weighted by Crippen LogP contribution is 2.39. The summed E-state index contributed by atoms with van der Waals surface area (Å²) in [7, 11) is 2.72. The number of unbranched alkanes of at least 4 members (excludes halogenated alkanes) is 16. The maximum absolute atomic E-state index is 5.80. The molecule has 0 aromatic rings. The van der Waals surface area contributed by atoms with Gasteiger partial charge < -0.3 is 13.3 Å². The third-order valence-corrected chi connectivity index (χ3v) is 11.0. The maximum Gasteiger partial charge on any atom is 0.503 e. The first kappa shape index (κ1) is 32.1. The molecule has 2 unspecified atom stereocenters. The van der Waals surface area contributed by atoms with Gasteiger partial charge in [-0.1, -0.05) is 143 Å². The van der Waals surface area contributed by atoms with Crippen LogP contribution in [0.15, 0.2) is 0 Å². The minimum atomic E-state index is -2.54. The maximum atomic E-state index is 5.80. The van der Waals surface area contributed by atoms with E-state index in [1.165, 1.54) is 122 Å². The van der Waals surface area contributed by atoms with Crippen LogP contribution in [0.2, 0.25) is 5.54 Å². The minimum absolute atomic E-state index is 0.411. The summed E-state index contributed by atoms with van der Waals surface area (Å²) in [6.45, 7) is 6.85. The van der Waals surface area contributed by atoms with Gasteiger partial charge in [-0.3, -0.25) is 0 Å². The molecule has 0 aromatic carbocycles. The van der Waals surface area contributed by atoms with Crippen LogP contribution in [0.4, 0.5) is 0 Å². The van der Waals surface area contributed by atoms with Crippen molar-refractivity contribution < 1.29 is 13.3 Å². The second-order valence-corrected chi connectivity index (χ2v) is 13.0. The Morgan fingerprint density at radius 1 is 0.469 bits per heavy atom. The monoisotopic (exact) mass is 472 g/mol. The Balaban J connectivity index is 3.68. The number of hydrogen-bond donors (Lipinski definition) is 0. The lowest BCUT2D eigenvalue weighted by Gasteiger charge is -2.36. The second-order valence-electron chi connectivity index (χ2n) is 9.84. The molecule has 0 rings (SSSR count). The smallest absolute Gasteiger partial charge is 0.377 e. The van der Waals surface area contributed by atoms with Crippen LogP contribution < -0.4 is 0 Å². The van der Waals surface area contributed by atoms with E-state index >= 15 is 0 Å². The average molecular weight is 473 g/mol. The summed E-state index contributed by atoms with van der Waals surface area (Å²) in [5.41, 5.74) is 0.411. The van der Waals surface area contributed by atoms with Gasteiger partial charge in [-0.15, -0.1) is 0 Å². The van der Waals surface area contributed by atoms with Crippen molar-refractivity contribution in [3.63, 3.8) is 0 Å². The van der Waals surface area contributed by atoms with E-state index in [1.807, 2.05) is 0 Å². The fraction of sp³-hybridized carbons (Fsp3) is 1.00. The van der Waals surface area contributed by atoms with E-state index in [2.05, 4.69) is 20.8 Å². The first-order chi connectivity index (χ1) is 15.7. The molecule has 0 aliphatic carbocycles. The van der Waals surface area contributed by atoms with E-state index in [-0.39, 0.29) is 0 Å². The SMILES string of the molecule is CCCCCCCCCCCCCCCCCCCC(CC)C(CC)[Si](OC)(OC)OC. The van der Waals surface area contributed by atoms with E-state index < -0.39 is 8.80 Å². The Morgan fingerprint density at radius 2 is 0.812 bits per heavy atom. The average Bonchev–Trinajstić information content (AvgIpc) is 2.82. The van der Waals surface area contributed by atoms with Crippen molar-refractivity contribution in [2.45, 2.75) is 155 Å². The highest BCUT2D eigenvalue weighted by molar-refractivity contribution is 6.62. The van der Waals surface area contributed by atoms with Crippen LogP contribution in [-0.2, 0) is 13.3 Å². The topological polar surface area (TPSA) is 27.7 Å². The standard InChI is InChI=1S/C28H60O3Si/c1-7-10-11-12-13-14-15-16-17-18-19-20-21-22-23-24-25-26-27(8-2)28(9-3)32(29-4,30-5)31-6/h27-28H,7-26H2,1-6H3. The van der Waals surface area contributed by atoms with E-state index in [0.29, 0.717) is 11.5 Å². The van der Waals surface area contributed by atoms with Gasteiger partial charge in [-0.2, -0.15) is 0 Å². The first-order valence-corrected chi connectivity index (χ1v) is 16.1. The molecule has 3 nitrogen and oxygen atoms in total. The van der Waals surface area contributed by atoms with E-state index in [9.17, 15) is 0 Å². The molecule has 0 radical (unpaired) electrons. The summed E-state index contributed by atoms with van der Waals surface area (Å²) in [6.07, 6.45) is 27.8. The zero-order valence-corrected chi connectivity index (χ0v) is 24.0. The molecule has 2 atom stereocenters. The van der Waals surface area contributed by atoms with Crippen LogP contribution in [0.5, 0.6) is 0 Å². The summed E-state index contributed by atoms with van der Waals surface area (Å²) in [6, 6.07) is 0. The Kier molecular flexibility index (Phi) is 22.9. The normalized spacial score (nSPS) is 14.1. The van der Waals surface area contributed by atoms with Crippen LogP contribution in [0.1, 0.15) is 149 Å². The van der Waals surface area contributed by atoms with Gasteiger partial charge in [0.2, 0.25) is 0 Å². The summed E-state index contributed by atoms with van der Waals surface area (Å²) < 4.78 is 17.4. The molecular formula is C28H60O3Si. The summed E-state index contributed by atoms with van der Waals surface area (Å²) in [4.78, 5) is 0. The number of rotatable bonds is 25. The molecule has 0 saturated carbocycles. The van der Waals surface area contributed by atoms with Gasteiger partial charge in [0, 0.05) is 26.9 Å². The Labute approximate surface area is 204 Å². The predicted octanol–water partition coefficient (Wildman–Crippen LogP) is 9.71. The molecule has 0 aliphatic heterocycles.